The zero-order valence-electron chi connectivity index (χ0n) is 18.5. The van der Waals surface area contributed by atoms with Crippen LogP contribution in [0.4, 0.5) is 0 Å². The highest BCUT2D eigenvalue weighted by Gasteiger charge is 2.55. The third kappa shape index (κ3) is 2.94. The molecule has 4 rings (SSSR count). The van der Waals surface area contributed by atoms with Gasteiger partial charge in [-0.3, -0.25) is 4.90 Å². The highest BCUT2D eigenvalue weighted by atomic mass is 16.5. The Labute approximate surface area is 188 Å². The first-order valence-electron chi connectivity index (χ1n) is 10.7. The average Bonchev–Trinajstić information content (AvgIpc) is 2.82. The van der Waals surface area contributed by atoms with E-state index in [1.165, 1.54) is 0 Å². The van der Waals surface area contributed by atoms with Gasteiger partial charge in [0.05, 0.1) is 30.5 Å². The van der Waals surface area contributed by atoms with E-state index in [-0.39, 0.29) is 23.2 Å². The largest absolute Gasteiger partial charge is 0.496 e. The van der Waals surface area contributed by atoms with Gasteiger partial charge in [0.15, 0.2) is 5.41 Å². The molecule has 0 saturated carbocycles. The van der Waals surface area contributed by atoms with E-state index in [0.29, 0.717) is 18.8 Å². The van der Waals surface area contributed by atoms with E-state index in [9.17, 15) is 15.8 Å². The van der Waals surface area contributed by atoms with E-state index >= 15 is 0 Å². The molecule has 1 heterocycles. The molecule has 0 aromatic heterocycles. The number of benzene rings is 2. The molecule has 2 N–H and O–H groups in total. The first kappa shape index (κ1) is 21.4. The van der Waals surface area contributed by atoms with Crippen LogP contribution in [-0.2, 0) is 0 Å². The van der Waals surface area contributed by atoms with Crippen LogP contribution in [0.25, 0.3) is 10.8 Å². The monoisotopic (exact) mass is 423 g/mol. The molecule has 0 spiro atoms. The number of allylic oxidation sites excluding steroid dienone is 2. The Morgan fingerprint density at radius 1 is 1.12 bits per heavy atom. The molecule has 6 nitrogen and oxygen atoms in total. The summed E-state index contributed by atoms with van der Waals surface area (Å²) < 4.78 is 5.76. The fourth-order valence-corrected chi connectivity index (χ4v) is 5.21. The Bertz CT molecular complexity index is 1250. The van der Waals surface area contributed by atoms with Crippen molar-refractivity contribution >= 4 is 10.8 Å². The maximum absolute atomic E-state index is 10.4. The van der Waals surface area contributed by atoms with Crippen LogP contribution in [-0.4, -0.2) is 31.1 Å². The minimum absolute atomic E-state index is 0.0329. The van der Waals surface area contributed by atoms with Crippen LogP contribution in [0.15, 0.2) is 59.3 Å². The molecule has 0 fully saturated rings. The number of hydrogen-bond acceptors (Lipinski definition) is 6. The molecule has 2 aromatic carbocycles. The highest BCUT2D eigenvalue weighted by molar-refractivity contribution is 5.89. The van der Waals surface area contributed by atoms with Gasteiger partial charge in [-0.25, -0.2) is 0 Å². The Morgan fingerprint density at radius 2 is 1.84 bits per heavy atom. The van der Waals surface area contributed by atoms with Crippen molar-refractivity contribution in [2.24, 2.45) is 17.1 Å². The first-order chi connectivity index (χ1) is 15.4. The number of nitriles is 3. The van der Waals surface area contributed by atoms with Gasteiger partial charge in [0, 0.05) is 36.5 Å². The second-order valence-corrected chi connectivity index (χ2v) is 8.63. The van der Waals surface area contributed by atoms with E-state index in [1.807, 2.05) is 42.5 Å². The van der Waals surface area contributed by atoms with Gasteiger partial charge in [-0.15, -0.1) is 0 Å². The molecule has 0 radical (unpaired) electrons. The third-order valence-electron chi connectivity index (χ3n) is 6.88. The van der Waals surface area contributed by atoms with Crippen LogP contribution in [0.2, 0.25) is 0 Å². The molecule has 0 amide bonds. The molecule has 32 heavy (non-hydrogen) atoms. The number of methoxy groups -OCH3 is 1. The molecule has 160 valence electrons. The van der Waals surface area contributed by atoms with Crippen molar-refractivity contribution in [3.63, 3.8) is 0 Å². The summed E-state index contributed by atoms with van der Waals surface area (Å²) in [4.78, 5) is 2.29. The highest BCUT2D eigenvalue weighted by Crippen LogP contribution is 2.57. The Balaban J connectivity index is 2.12. The van der Waals surface area contributed by atoms with Crippen molar-refractivity contribution in [1.29, 1.82) is 15.8 Å². The second kappa shape index (κ2) is 8.04. The molecule has 2 atom stereocenters. The molecule has 0 bridgehead atoms. The van der Waals surface area contributed by atoms with Crippen molar-refractivity contribution in [2.75, 3.05) is 20.2 Å². The van der Waals surface area contributed by atoms with E-state index in [1.54, 1.807) is 7.11 Å². The first-order valence-corrected chi connectivity index (χ1v) is 10.7. The lowest BCUT2D eigenvalue weighted by molar-refractivity contribution is 0.173. The van der Waals surface area contributed by atoms with Crippen molar-refractivity contribution in [3.05, 3.63) is 64.9 Å². The quantitative estimate of drug-likeness (QED) is 0.799. The van der Waals surface area contributed by atoms with Gasteiger partial charge in [-0.1, -0.05) is 36.4 Å². The smallest absolute Gasteiger partial charge is 0.191 e. The molecular weight excluding hydrogens is 398 g/mol. The van der Waals surface area contributed by atoms with Gasteiger partial charge in [-0.2, -0.15) is 15.8 Å². The molecule has 1 aliphatic carbocycles. The molecule has 2 aromatic rings. The molecule has 0 unspecified atom stereocenters. The van der Waals surface area contributed by atoms with Crippen molar-refractivity contribution in [3.8, 4) is 24.0 Å². The average molecular weight is 424 g/mol. The fraction of sp³-hybridized carbons (Fsp3) is 0.346. The molecule has 2 aliphatic rings. The van der Waals surface area contributed by atoms with Gasteiger partial charge in [-0.05, 0) is 36.3 Å². The van der Waals surface area contributed by atoms with Crippen LogP contribution < -0.4 is 10.5 Å². The SMILES string of the molecule is COc1ccc2ccccc2c1[C@@H]1[C@H]2CN(C(C)C)CC=C2C(C#N)=C(N)C1(C#N)C#N. The summed E-state index contributed by atoms with van der Waals surface area (Å²) in [6.45, 7) is 5.54. The van der Waals surface area contributed by atoms with Crippen molar-refractivity contribution < 1.29 is 4.74 Å². The maximum atomic E-state index is 10.4. The number of rotatable bonds is 3. The Kier molecular flexibility index (Phi) is 5.39. The van der Waals surface area contributed by atoms with Crippen LogP contribution in [0.1, 0.15) is 25.3 Å². The molecule has 6 heteroatoms. The van der Waals surface area contributed by atoms with Gasteiger partial charge >= 0.3 is 0 Å². The number of hydrogen-bond donors (Lipinski definition) is 1. The number of fused-ring (bicyclic) bond motifs is 2. The minimum Gasteiger partial charge on any atom is -0.496 e. The zero-order chi connectivity index (χ0) is 23.0. The summed E-state index contributed by atoms with van der Waals surface area (Å²) in [5.41, 5.74) is 6.68. The predicted molar refractivity (Wildman–Crippen MR) is 122 cm³/mol. The molecule has 0 saturated heterocycles. The summed E-state index contributed by atoms with van der Waals surface area (Å²) in [7, 11) is 1.59. The molecular formula is C26H25N5O. The van der Waals surface area contributed by atoms with E-state index in [0.717, 1.165) is 21.9 Å². The topological polar surface area (TPSA) is 110 Å². The van der Waals surface area contributed by atoms with Gasteiger partial charge in [0.1, 0.15) is 11.8 Å². The lowest BCUT2D eigenvalue weighted by Gasteiger charge is -2.46. The zero-order valence-corrected chi connectivity index (χ0v) is 18.5. The Morgan fingerprint density at radius 3 is 2.47 bits per heavy atom. The lowest BCUT2D eigenvalue weighted by atomic mass is 9.57. The predicted octanol–water partition coefficient (Wildman–Crippen LogP) is 3.98. The second-order valence-electron chi connectivity index (χ2n) is 8.63. The van der Waals surface area contributed by atoms with Crippen LogP contribution in [0.3, 0.4) is 0 Å². The third-order valence-corrected chi connectivity index (χ3v) is 6.88. The summed E-state index contributed by atoms with van der Waals surface area (Å²) in [6.07, 6.45) is 2.03. The van der Waals surface area contributed by atoms with Gasteiger partial charge in [0.25, 0.3) is 0 Å². The van der Waals surface area contributed by atoms with Crippen LogP contribution >= 0.6 is 0 Å². The standard InChI is InChI=1S/C26H25N5O/c1-16(2)31-11-10-19-20(12-27)25(30)26(14-28,15-29)24(21(19)13-31)23-18-7-5-4-6-17(18)8-9-22(23)32-3/h4-10,16,21,24H,11,13,30H2,1-3H3/t21-,24-/m0/s1. The lowest BCUT2D eigenvalue weighted by Crippen LogP contribution is -2.49. The van der Waals surface area contributed by atoms with E-state index in [4.69, 9.17) is 10.5 Å². The maximum Gasteiger partial charge on any atom is 0.191 e. The summed E-state index contributed by atoms with van der Waals surface area (Å²) >= 11 is 0. The van der Waals surface area contributed by atoms with E-state index in [2.05, 4.69) is 37.0 Å². The van der Waals surface area contributed by atoms with Crippen LogP contribution in [0, 0.1) is 45.3 Å². The minimum atomic E-state index is -1.69. The normalized spacial score (nSPS) is 22.5. The summed E-state index contributed by atoms with van der Waals surface area (Å²) in [6, 6.07) is 18.6. The van der Waals surface area contributed by atoms with Gasteiger partial charge < -0.3 is 10.5 Å². The van der Waals surface area contributed by atoms with Gasteiger partial charge in [0.2, 0.25) is 0 Å². The fourth-order valence-electron chi connectivity index (χ4n) is 5.21. The van der Waals surface area contributed by atoms with Crippen molar-refractivity contribution in [2.45, 2.75) is 25.8 Å². The number of ether oxygens (including phenoxy) is 1. The summed E-state index contributed by atoms with van der Waals surface area (Å²) in [5, 5.41) is 32.6. The van der Waals surface area contributed by atoms with Crippen molar-refractivity contribution in [1.82, 2.24) is 4.90 Å². The number of nitrogens with zero attached hydrogens (tertiary/aromatic N) is 4. The molecule has 1 aliphatic heterocycles. The summed E-state index contributed by atoms with van der Waals surface area (Å²) in [5.74, 6) is -0.242. The van der Waals surface area contributed by atoms with E-state index < -0.39 is 11.3 Å². The Hall–Kier alpha value is -3.79. The number of nitrogens with two attached hydrogens (primary N) is 1. The van der Waals surface area contributed by atoms with Crippen LogP contribution in [0.5, 0.6) is 5.75 Å².